The zero-order valence-corrected chi connectivity index (χ0v) is 17.3. The van der Waals surface area contributed by atoms with Crippen molar-refractivity contribution in [3.05, 3.63) is 29.8 Å². The molecule has 0 saturated carbocycles. The normalized spacial score (nSPS) is 15.6. The maximum atomic E-state index is 13.0. The van der Waals surface area contributed by atoms with E-state index in [1.165, 1.54) is 6.92 Å². The second kappa shape index (κ2) is 11.8. The van der Waals surface area contributed by atoms with Gasteiger partial charge in [0.1, 0.15) is 11.8 Å². The Morgan fingerprint density at radius 3 is 2.59 bits per heavy atom. The van der Waals surface area contributed by atoms with Crippen molar-refractivity contribution in [3.63, 3.8) is 0 Å². The fourth-order valence-electron chi connectivity index (χ4n) is 3.49. The number of methoxy groups -OCH3 is 1. The molecule has 1 aliphatic heterocycles. The first kappa shape index (κ1) is 23.2. The molecule has 1 aliphatic rings. The van der Waals surface area contributed by atoms with Crippen LogP contribution in [0.5, 0.6) is 5.75 Å². The van der Waals surface area contributed by atoms with Crippen LogP contribution in [0.3, 0.4) is 0 Å². The average molecular weight is 398 g/mol. The molecule has 1 aromatic carbocycles. The van der Waals surface area contributed by atoms with E-state index in [1.807, 2.05) is 36.2 Å². The van der Waals surface area contributed by atoms with E-state index in [2.05, 4.69) is 10.6 Å². The number of hydrogen-bond donors (Lipinski definition) is 2. The molecule has 1 fully saturated rings. The van der Waals surface area contributed by atoms with Gasteiger partial charge in [0, 0.05) is 26.4 Å². The summed E-state index contributed by atoms with van der Waals surface area (Å²) < 4.78 is 5.25. The summed E-state index contributed by atoms with van der Waals surface area (Å²) in [7, 11) is 3.59. The Balaban J connectivity index is 0.00000364. The van der Waals surface area contributed by atoms with Crippen LogP contribution in [-0.4, -0.2) is 56.5 Å². The number of hydrogen-bond acceptors (Lipinski definition) is 4. The highest BCUT2D eigenvalue weighted by atomic mass is 35.5. The summed E-state index contributed by atoms with van der Waals surface area (Å²) in [5, 5.41) is 6.01. The number of benzene rings is 1. The van der Waals surface area contributed by atoms with Crippen molar-refractivity contribution < 1.29 is 14.3 Å². The minimum atomic E-state index is -0.534. The van der Waals surface area contributed by atoms with Gasteiger partial charge in [-0.05, 0) is 56.5 Å². The van der Waals surface area contributed by atoms with Gasteiger partial charge in [-0.3, -0.25) is 9.59 Å². The third-order valence-corrected chi connectivity index (χ3v) is 4.98. The van der Waals surface area contributed by atoms with Crippen LogP contribution >= 0.6 is 12.4 Å². The maximum absolute atomic E-state index is 13.0. The Labute approximate surface area is 168 Å². The van der Waals surface area contributed by atoms with Crippen molar-refractivity contribution in [2.75, 3.05) is 33.8 Å². The van der Waals surface area contributed by atoms with Crippen molar-refractivity contribution in [2.45, 2.75) is 38.6 Å². The number of halogens is 1. The topological polar surface area (TPSA) is 70.7 Å². The van der Waals surface area contributed by atoms with E-state index in [-0.39, 0.29) is 24.2 Å². The first-order valence-electron chi connectivity index (χ1n) is 9.37. The fourth-order valence-corrected chi connectivity index (χ4v) is 3.49. The van der Waals surface area contributed by atoms with Gasteiger partial charge in [0.05, 0.1) is 7.11 Å². The molecule has 27 heavy (non-hydrogen) atoms. The second-order valence-electron chi connectivity index (χ2n) is 6.97. The molecule has 1 unspecified atom stereocenters. The van der Waals surface area contributed by atoms with Gasteiger partial charge in [0.25, 0.3) is 0 Å². The second-order valence-corrected chi connectivity index (χ2v) is 6.97. The molecule has 1 aromatic rings. The monoisotopic (exact) mass is 397 g/mol. The highest BCUT2D eigenvalue weighted by Crippen LogP contribution is 2.21. The van der Waals surface area contributed by atoms with Gasteiger partial charge in [0.2, 0.25) is 11.8 Å². The molecule has 0 aromatic heterocycles. The third kappa shape index (κ3) is 7.39. The molecule has 1 saturated heterocycles. The van der Waals surface area contributed by atoms with E-state index in [1.54, 1.807) is 7.11 Å². The zero-order chi connectivity index (χ0) is 18.9. The number of ether oxygens (including phenoxy) is 1. The molecule has 0 bridgehead atoms. The van der Waals surface area contributed by atoms with Crippen molar-refractivity contribution in [1.82, 2.24) is 15.5 Å². The van der Waals surface area contributed by atoms with Gasteiger partial charge in [-0.15, -0.1) is 12.4 Å². The zero-order valence-electron chi connectivity index (χ0n) is 16.5. The summed E-state index contributed by atoms with van der Waals surface area (Å²) in [6, 6.07) is 7.10. The van der Waals surface area contributed by atoms with Crippen LogP contribution in [0.1, 0.15) is 31.7 Å². The maximum Gasteiger partial charge on any atom is 0.245 e. The quantitative estimate of drug-likeness (QED) is 0.704. The fraction of sp³-hybridized carbons (Fsp3) is 0.600. The Morgan fingerprint density at radius 2 is 2.00 bits per heavy atom. The Morgan fingerprint density at radius 1 is 1.30 bits per heavy atom. The lowest BCUT2D eigenvalue weighted by atomic mass is 9.93. The highest BCUT2D eigenvalue weighted by molar-refractivity contribution is 5.87. The Hall–Kier alpha value is -1.79. The van der Waals surface area contributed by atoms with Crippen molar-refractivity contribution >= 4 is 24.2 Å². The molecule has 0 radical (unpaired) electrons. The largest absolute Gasteiger partial charge is 0.497 e. The van der Waals surface area contributed by atoms with Gasteiger partial charge in [-0.1, -0.05) is 12.1 Å². The molecule has 0 aliphatic carbocycles. The number of likely N-dealkylation sites (tertiary alicyclic amines) is 1. The van der Waals surface area contributed by atoms with E-state index in [0.717, 1.165) is 50.2 Å². The summed E-state index contributed by atoms with van der Waals surface area (Å²) in [6.07, 6.45) is 3.67. The number of amides is 2. The van der Waals surface area contributed by atoms with Gasteiger partial charge in [-0.2, -0.15) is 0 Å². The third-order valence-electron chi connectivity index (χ3n) is 4.98. The summed E-state index contributed by atoms with van der Waals surface area (Å²) >= 11 is 0. The number of nitrogens with one attached hydrogen (secondary N) is 2. The summed E-state index contributed by atoms with van der Waals surface area (Å²) in [4.78, 5) is 26.5. The van der Waals surface area contributed by atoms with Crippen LogP contribution in [0.2, 0.25) is 0 Å². The number of rotatable bonds is 8. The van der Waals surface area contributed by atoms with E-state index in [0.29, 0.717) is 12.3 Å². The lowest BCUT2D eigenvalue weighted by Gasteiger charge is -2.34. The molecule has 152 valence electrons. The standard InChI is InChI=1S/C20H31N3O3.ClH/c1-15(24)22-19(14-17-5-4-6-18(13-17)26-3)20(25)23-11-8-16(9-12-23)7-10-21-2;/h4-6,13,16,19,21H,7-12,14H2,1-3H3,(H,22,24);1H. The van der Waals surface area contributed by atoms with Gasteiger partial charge < -0.3 is 20.3 Å². The van der Waals surface area contributed by atoms with Crippen LogP contribution in [0.15, 0.2) is 24.3 Å². The summed E-state index contributed by atoms with van der Waals surface area (Å²) in [6.45, 7) is 4.00. The van der Waals surface area contributed by atoms with E-state index < -0.39 is 6.04 Å². The molecule has 6 nitrogen and oxygen atoms in total. The molecule has 1 heterocycles. The average Bonchev–Trinajstić information content (AvgIpc) is 2.65. The van der Waals surface area contributed by atoms with Crippen LogP contribution < -0.4 is 15.4 Å². The minimum absolute atomic E-state index is 0. The van der Waals surface area contributed by atoms with E-state index >= 15 is 0 Å². The molecular weight excluding hydrogens is 366 g/mol. The highest BCUT2D eigenvalue weighted by Gasteiger charge is 2.28. The molecule has 0 spiro atoms. The summed E-state index contributed by atoms with van der Waals surface area (Å²) in [5.41, 5.74) is 0.973. The molecular formula is C20H32ClN3O3. The Bertz CT molecular complexity index is 604. The first-order valence-corrected chi connectivity index (χ1v) is 9.37. The lowest BCUT2D eigenvalue weighted by molar-refractivity contribution is -0.137. The number of carbonyl (C=O) groups is 2. The molecule has 2 amide bonds. The predicted octanol–water partition coefficient (Wildman–Crippen LogP) is 2.01. The van der Waals surface area contributed by atoms with Crippen LogP contribution in [0.4, 0.5) is 0 Å². The smallest absolute Gasteiger partial charge is 0.245 e. The number of piperidine rings is 1. The number of carbonyl (C=O) groups excluding carboxylic acids is 2. The van der Waals surface area contributed by atoms with Crippen LogP contribution in [-0.2, 0) is 16.0 Å². The molecule has 7 heteroatoms. The predicted molar refractivity (Wildman–Crippen MR) is 109 cm³/mol. The molecule has 2 N–H and O–H groups in total. The lowest BCUT2D eigenvalue weighted by Crippen LogP contribution is -2.51. The minimum Gasteiger partial charge on any atom is -0.497 e. The van der Waals surface area contributed by atoms with Gasteiger partial charge in [-0.25, -0.2) is 0 Å². The Kier molecular flexibility index (Phi) is 10.2. The SMILES string of the molecule is CNCCC1CCN(C(=O)C(Cc2cccc(OC)c2)NC(C)=O)CC1.Cl. The first-order chi connectivity index (χ1) is 12.5. The van der Waals surface area contributed by atoms with Crippen molar-refractivity contribution in [2.24, 2.45) is 5.92 Å². The van der Waals surface area contributed by atoms with Gasteiger partial charge in [0.15, 0.2) is 0 Å². The number of nitrogens with zero attached hydrogens (tertiary/aromatic N) is 1. The molecule has 1 atom stereocenters. The van der Waals surface area contributed by atoms with Crippen molar-refractivity contribution in [1.29, 1.82) is 0 Å². The summed E-state index contributed by atoms with van der Waals surface area (Å²) in [5.74, 6) is 1.25. The van der Waals surface area contributed by atoms with Crippen LogP contribution in [0, 0.1) is 5.92 Å². The molecule has 2 rings (SSSR count). The van der Waals surface area contributed by atoms with E-state index in [4.69, 9.17) is 4.74 Å². The van der Waals surface area contributed by atoms with Crippen molar-refractivity contribution in [3.8, 4) is 5.75 Å². The van der Waals surface area contributed by atoms with Crippen LogP contribution in [0.25, 0.3) is 0 Å². The van der Waals surface area contributed by atoms with E-state index in [9.17, 15) is 9.59 Å². The van der Waals surface area contributed by atoms with Gasteiger partial charge >= 0.3 is 0 Å².